The molecule has 2 aliphatic rings. The smallest absolute Gasteiger partial charge is 0.407 e. The molecule has 2 aromatic rings. The summed E-state index contributed by atoms with van der Waals surface area (Å²) in [5.74, 6) is 0.157. The second-order valence-corrected chi connectivity index (χ2v) is 5.69. The van der Waals surface area contributed by atoms with E-state index in [1.54, 1.807) is 24.4 Å². The number of hydrogen-bond donors (Lipinski definition) is 1. The fraction of sp³-hybridized carbons (Fsp3) is 0.357. The van der Waals surface area contributed by atoms with Gasteiger partial charge in [-0.3, -0.25) is 4.79 Å². The van der Waals surface area contributed by atoms with E-state index in [4.69, 9.17) is 0 Å². The molecule has 4 heterocycles. The summed E-state index contributed by atoms with van der Waals surface area (Å²) in [5, 5.41) is 10.1. The molecule has 4 rings (SSSR count). The summed E-state index contributed by atoms with van der Waals surface area (Å²) < 4.78 is 20.9. The summed E-state index contributed by atoms with van der Waals surface area (Å²) in [6.07, 6.45) is 2.42. The average Bonchev–Trinajstić information content (AvgIpc) is 3.21. The SMILES string of the molecule is O=C1NC(C(=O)N2CC(F)(c3cn(-c4ccccn4)nn3)C2)CO1. The molecule has 2 aromatic heterocycles. The van der Waals surface area contributed by atoms with Crippen LogP contribution in [0.1, 0.15) is 5.69 Å². The molecule has 1 N–H and O–H groups in total. The highest BCUT2D eigenvalue weighted by Gasteiger charge is 2.51. The van der Waals surface area contributed by atoms with E-state index in [9.17, 15) is 14.0 Å². The highest BCUT2D eigenvalue weighted by atomic mass is 19.1. The lowest BCUT2D eigenvalue weighted by atomic mass is 9.92. The Balaban J connectivity index is 1.44. The van der Waals surface area contributed by atoms with Crippen molar-refractivity contribution in [1.82, 2.24) is 30.2 Å². The zero-order valence-corrected chi connectivity index (χ0v) is 12.4. The van der Waals surface area contributed by atoms with Crippen molar-refractivity contribution < 1.29 is 18.7 Å². The zero-order valence-electron chi connectivity index (χ0n) is 12.4. The van der Waals surface area contributed by atoms with Gasteiger partial charge in [-0.2, -0.15) is 0 Å². The van der Waals surface area contributed by atoms with Crippen molar-refractivity contribution in [3.8, 4) is 5.82 Å². The van der Waals surface area contributed by atoms with E-state index >= 15 is 0 Å². The minimum absolute atomic E-state index is 0.0384. The normalized spacial score (nSPS) is 21.8. The van der Waals surface area contributed by atoms with Gasteiger partial charge in [0.1, 0.15) is 18.3 Å². The van der Waals surface area contributed by atoms with E-state index in [1.807, 2.05) is 0 Å². The highest BCUT2D eigenvalue weighted by Crippen LogP contribution is 2.35. The van der Waals surface area contributed by atoms with Gasteiger partial charge in [0.15, 0.2) is 11.5 Å². The van der Waals surface area contributed by atoms with Gasteiger partial charge in [-0.1, -0.05) is 11.3 Å². The van der Waals surface area contributed by atoms with E-state index in [-0.39, 0.29) is 31.3 Å². The predicted molar refractivity (Wildman–Crippen MR) is 76.8 cm³/mol. The summed E-state index contributed by atoms with van der Waals surface area (Å²) in [4.78, 5) is 28.5. The number of cyclic esters (lactones) is 1. The standard InChI is InChI=1S/C14H13FN6O3/c15-14(7-20(8-14)12(22)9-6-24-13(23)17-9)10-5-21(19-18-10)11-3-1-2-4-16-11/h1-5,9H,6-8H2,(H,17,23). The number of amides is 2. The number of ether oxygens (including phenoxy) is 1. The molecule has 2 amide bonds. The predicted octanol–water partition coefficient (Wildman–Crippen LogP) is -0.222. The fourth-order valence-corrected chi connectivity index (χ4v) is 2.68. The first kappa shape index (κ1) is 14.5. The summed E-state index contributed by atoms with van der Waals surface area (Å²) in [6, 6.07) is 4.52. The van der Waals surface area contributed by atoms with Crippen LogP contribution < -0.4 is 5.32 Å². The van der Waals surface area contributed by atoms with Gasteiger partial charge in [-0.05, 0) is 12.1 Å². The number of alkyl halides is 1. The van der Waals surface area contributed by atoms with E-state index in [0.29, 0.717) is 5.82 Å². The van der Waals surface area contributed by atoms with Gasteiger partial charge >= 0.3 is 6.09 Å². The van der Waals surface area contributed by atoms with Crippen LogP contribution in [0.15, 0.2) is 30.6 Å². The van der Waals surface area contributed by atoms with Crippen molar-refractivity contribution in [1.29, 1.82) is 0 Å². The summed E-state index contributed by atoms with van der Waals surface area (Å²) in [5.41, 5.74) is -1.62. The monoisotopic (exact) mass is 332 g/mol. The first-order valence-corrected chi connectivity index (χ1v) is 7.30. The largest absolute Gasteiger partial charge is 0.447 e. The third kappa shape index (κ3) is 2.36. The van der Waals surface area contributed by atoms with Gasteiger partial charge in [0.05, 0.1) is 19.3 Å². The van der Waals surface area contributed by atoms with Crippen LogP contribution in [-0.4, -0.2) is 62.6 Å². The van der Waals surface area contributed by atoms with Gasteiger partial charge < -0.3 is 15.0 Å². The van der Waals surface area contributed by atoms with Crippen LogP contribution in [0, 0.1) is 0 Å². The Hall–Kier alpha value is -3.04. The Bertz CT molecular complexity index is 789. The number of nitrogens with zero attached hydrogens (tertiary/aromatic N) is 5. The quantitative estimate of drug-likeness (QED) is 0.833. The molecule has 0 saturated carbocycles. The van der Waals surface area contributed by atoms with Crippen LogP contribution >= 0.6 is 0 Å². The van der Waals surface area contributed by atoms with Crippen molar-refractivity contribution in [2.24, 2.45) is 0 Å². The van der Waals surface area contributed by atoms with Crippen LogP contribution in [0.5, 0.6) is 0 Å². The topological polar surface area (TPSA) is 102 Å². The van der Waals surface area contributed by atoms with E-state index < -0.39 is 17.8 Å². The molecule has 2 saturated heterocycles. The lowest BCUT2D eigenvalue weighted by molar-refractivity contribution is -0.148. The first-order valence-electron chi connectivity index (χ1n) is 7.30. The number of aromatic nitrogens is 4. The number of rotatable bonds is 3. The van der Waals surface area contributed by atoms with Crippen LogP contribution in [0.25, 0.3) is 5.82 Å². The minimum Gasteiger partial charge on any atom is -0.447 e. The Labute approximate surface area is 135 Å². The number of alkyl carbamates (subject to hydrolysis) is 1. The Kier molecular flexibility index (Phi) is 3.18. The van der Waals surface area contributed by atoms with Crippen LogP contribution in [0.3, 0.4) is 0 Å². The van der Waals surface area contributed by atoms with Gasteiger partial charge in [0, 0.05) is 6.20 Å². The van der Waals surface area contributed by atoms with E-state index in [1.165, 1.54) is 15.8 Å². The molecular weight excluding hydrogens is 319 g/mol. The summed E-state index contributed by atoms with van der Waals surface area (Å²) in [7, 11) is 0. The molecule has 0 radical (unpaired) electrons. The number of hydrogen-bond acceptors (Lipinski definition) is 6. The molecule has 9 nitrogen and oxygen atoms in total. The van der Waals surface area contributed by atoms with Crippen molar-refractivity contribution in [2.45, 2.75) is 11.7 Å². The lowest BCUT2D eigenvalue weighted by Gasteiger charge is -2.43. The summed E-state index contributed by atoms with van der Waals surface area (Å²) in [6.45, 7) is -0.318. The lowest BCUT2D eigenvalue weighted by Crippen LogP contribution is -2.62. The van der Waals surface area contributed by atoms with Gasteiger partial charge in [-0.15, -0.1) is 5.10 Å². The molecule has 1 unspecified atom stereocenters. The van der Waals surface area contributed by atoms with Gasteiger partial charge in [0.2, 0.25) is 5.91 Å². The maximum atomic E-state index is 14.9. The molecule has 10 heteroatoms. The molecule has 2 fully saturated rings. The number of pyridine rings is 1. The second-order valence-electron chi connectivity index (χ2n) is 5.69. The second kappa shape index (κ2) is 5.25. The van der Waals surface area contributed by atoms with Crippen molar-refractivity contribution in [2.75, 3.05) is 19.7 Å². The van der Waals surface area contributed by atoms with Crippen molar-refractivity contribution in [3.63, 3.8) is 0 Å². The number of carbonyl (C=O) groups is 2. The van der Waals surface area contributed by atoms with Crippen molar-refractivity contribution in [3.05, 3.63) is 36.3 Å². The molecule has 0 aromatic carbocycles. The molecular formula is C14H13FN6O3. The first-order chi connectivity index (χ1) is 11.5. The zero-order chi connectivity index (χ0) is 16.7. The molecule has 2 aliphatic heterocycles. The van der Waals surface area contributed by atoms with E-state index in [2.05, 4.69) is 25.3 Å². The fourth-order valence-electron chi connectivity index (χ4n) is 2.68. The summed E-state index contributed by atoms with van der Waals surface area (Å²) >= 11 is 0. The van der Waals surface area contributed by atoms with Crippen molar-refractivity contribution >= 4 is 12.0 Å². The van der Waals surface area contributed by atoms with Crippen LogP contribution in [0.2, 0.25) is 0 Å². The Morgan fingerprint density at radius 3 is 2.92 bits per heavy atom. The maximum absolute atomic E-state index is 14.9. The Morgan fingerprint density at radius 2 is 2.25 bits per heavy atom. The van der Waals surface area contributed by atoms with E-state index in [0.717, 1.165) is 0 Å². The van der Waals surface area contributed by atoms with Crippen LogP contribution in [0.4, 0.5) is 9.18 Å². The average molecular weight is 332 g/mol. The number of nitrogens with one attached hydrogen (secondary N) is 1. The maximum Gasteiger partial charge on any atom is 0.407 e. The molecule has 0 spiro atoms. The van der Waals surface area contributed by atoms with Crippen LogP contribution in [-0.2, 0) is 15.2 Å². The molecule has 24 heavy (non-hydrogen) atoms. The molecule has 0 bridgehead atoms. The minimum atomic E-state index is -1.76. The molecule has 0 aliphatic carbocycles. The molecule has 1 atom stereocenters. The highest BCUT2D eigenvalue weighted by molar-refractivity contribution is 5.88. The third-order valence-electron chi connectivity index (χ3n) is 4.00. The molecule has 124 valence electrons. The number of likely N-dealkylation sites (tertiary alicyclic amines) is 1. The third-order valence-corrected chi connectivity index (χ3v) is 4.00. The number of carbonyl (C=O) groups excluding carboxylic acids is 2. The Morgan fingerprint density at radius 1 is 1.42 bits per heavy atom. The van der Waals surface area contributed by atoms with Gasteiger partial charge in [-0.25, -0.2) is 18.9 Å². The number of halogens is 1. The van der Waals surface area contributed by atoms with Gasteiger partial charge in [0.25, 0.3) is 0 Å².